The largest absolute Gasteiger partial charge is 0.178 e. The third-order valence-electron chi connectivity index (χ3n) is 6.99. The van der Waals surface area contributed by atoms with Gasteiger partial charge < -0.3 is 0 Å². The zero-order valence-electron chi connectivity index (χ0n) is 19.4. The number of thiol groups is 2. The van der Waals surface area contributed by atoms with Crippen molar-refractivity contribution in [3.05, 3.63) is 92.5 Å². The van der Waals surface area contributed by atoms with Gasteiger partial charge in [-0.25, -0.2) is 0 Å². The van der Waals surface area contributed by atoms with Crippen molar-refractivity contribution in [1.82, 2.24) is 0 Å². The number of hydrogen-bond acceptors (Lipinski definition) is 1. The van der Waals surface area contributed by atoms with Crippen molar-refractivity contribution in [1.29, 1.82) is 0 Å². The van der Waals surface area contributed by atoms with Gasteiger partial charge in [0.2, 0.25) is 0 Å². The van der Waals surface area contributed by atoms with Crippen LogP contribution >= 0.6 is 33.1 Å². The van der Waals surface area contributed by atoms with Crippen molar-refractivity contribution >= 4 is 55.4 Å². The second kappa shape index (κ2) is 8.54. The van der Waals surface area contributed by atoms with Gasteiger partial charge in [-0.05, 0) is 106 Å². The Labute approximate surface area is 206 Å². The van der Waals surface area contributed by atoms with Gasteiger partial charge in [0.1, 0.15) is 0 Å². The first kappa shape index (κ1) is 21.3. The predicted molar refractivity (Wildman–Crippen MR) is 152 cm³/mol. The molecule has 0 N–H and O–H groups in total. The van der Waals surface area contributed by atoms with Crippen LogP contribution in [0.3, 0.4) is 0 Å². The maximum atomic E-state index is 2.51. The third-order valence-corrected chi connectivity index (χ3v) is 12.5. The highest BCUT2D eigenvalue weighted by atomic mass is 32.2. The molecule has 3 heterocycles. The number of benzene rings is 3. The first-order valence-corrected chi connectivity index (χ1v) is 15.7. The Morgan fingerprint density at radius 3 is 2.15 bits per heavy atom. The van der Waals surface area contributed by atoms with Crippen molar-refractivity contribution in [2.24, 2.45) is 0 Å². The van der Waals surface area contributed by atoms with E-state index in [4.69, 9.17) is 0 Å². The molecule has 3 aromatic carbocycles. The molecule has 0 fully saturated rings. The van der Waals surface area contributed by atoms with Crippen molar-refractivity contribution < 1.29 is 0 Å². The van der Waals surface area contributed by atoms with E-state index in [1.54, 1.807) is 9.79 Å². The fraction of sp³-hybridized carbons (Fsp3) is 0.200. The van der Waals surface area contributed by atoms with E-state index in [1.165, 1.54) is 47.7 Å². The second-order valence-electron chi connectivity index (χ2n) is 8.78. The molecule has 0 saturated heterocycles. The highest BCUT2D eigenvalue weighted by Gasteiger charge is 2.26. The van der Waals surface area contributed by atoms with Crippen LogP contribution in [-0.2, 0) is 19.3 Å². The molecule has 0 aliphatic carbocycles. The van der Waals surface area contributed by atoms with Crippen molar-refractivity contribution in [2.75, 3.05) is 0 Å². The Bertz CT molecular complexity index is 1440. The molecule has 0 bridgehead atoms. The van der Waals surface area contributed by atoms with E-state index in [-0.39, 0.29) is 0 Å². The molecular formula is C30H30S3. The fourth-order valence-electron chi connectivity index (χ4n) is 5.11. The van der Waals surface area contributed by atoms with Gasteiger partial charge in [-0.3, -0.25) is 0 Å². The lowest BCUT2D eigenvalue weighted by Crippen LogP contribution is -1.94. The number of thiophene rings is 1. The minimum absolute atomic E-state index is 0.439. The molecule has 3 heteroatoms. The van der Waals surface area contributed by atoms with E-state index >= 15 is 0 Å². The van der Waals surface area contributed by atoms with Crippen LogP contribution in [0.25, 0.3) is 22.2 Å². The van der Waals surface area contributed by atoms with E-state index in [0.29, 0.717) is 0 Å². The summed E-state index contributed by atoms with van der Waals surface area (Å²) in [5.74, 6) is 0. The smallest absolute Gasteiger partial charge is 0.0385 e. The Kier molecular flexibility index (Phi) is 5.52. The van der Waals surface area contributed by atoms with Crippen molar-refractivity contribution in [3.63, 3.8) is 0 Å². The SMILES string of the molecule is CCc1ccc2c(c1)C=C[SH]2c1cc(CC)cc2c1C=C[SH]2c1ccc(CC)c2sccc12. The summed E-state index contributed by atoms with van der Waals surface area (Å²) >= 11 is 1.90. The standard InChI is InChI=1S/C30H30S3/c1-4-20-7-9-26-23(17-20)12-15-32(26)28-18-21(5-2)19-29-24(28)13-16-33(29)27-10-8-22(6-3)30-25(27)11-14-31-30/h7-19,32-33H,4-6H2,1-3H3. The van der Waals surface area contributed by atoms with E-state index in [1.807, 2.05) is 11.3 Å². The molecule has 0 nitrogen and oxygen atoms in total. The topological polar surface area (TPSA) is 0 Å². The quantitative estimate of drug-likeness (QED) is 0.258. The van der Waals surface area contributed by atoms with Crippen LogP contribution in [0, 0.1) is 0 Å². The Hall–Kier alpha value is -2.20. The monoisotopic (exact) mass is 486 g/mol. The lowest BCUT2D eigenvalue weighted by atomic mass is 10.1. The van der Waals surface area contributed by atoms with Gasteiger partial charge in [0.15, 0.2) is 0 Å². The van der Waals surface area contributed by atoms with E-state index < -0.39 is 21.8 Å². The Balaban J connectivity index is 1.49. The van der Waals surface area contributed by atoms with Gasteiger partial charge >= 0.3 is 0 Å². The van der Waals surface area contributed by atoms with Gasteiger partial charge in [0, 0.05) is 29.7 Å². The molecule has 2 unspecified atom stereocenters. The van der Waals surface area contributed by atoms with Crippen LogP contribution in [0.1, 0.15) is 48.6 Å². The average Bonchev–Trinajstić information content (AvgIpc) is 3.60. The van der Waals surface area contributed by atoms with Crippen LogP contribution < -0.4 is 0 Å². The Morgan fingerprint density at radius 1 is 0.667 bits per heavy atom. The average molecular weight is 487 g/mol. The molecule has 1 aromatic heterocycles. The summed E-state index contributed by atoms with van der Waals surface area (Å²) in [4.78, 5) is 6.16. The zero-order valence-corrected chi connectivity index (χ0v) is 22.0. The van der Waals surface area contributed by atoms with Gasteiger partial charge in [0.05, 0.1) is 0 Å². The molecule has 0 spiro atoms. The zero-order chi connectivity index (χ0) is 22.5. The maximum Gasteiger partial charge on any atom is 0.0385 e. The predicted octanol–water partition coefficient (Wildman–Crippen LogP) is 9.40. The molecular weight excluding hydrogens is 457 g/mol. The van der Waals surface area contributed by atoms with Crippen LogP contribution in [0.2, 0.25) is 0 Å². The summed E-state index contributed by atoms with van der Waals surface area (Å²) in [6.07, 6.45) is 8.09. The lowest BCUT2D eigenvalue weighted by Gasteiger charge is -2.24. The van der Waals surface area contributed by atoms with Crippen LogP contribution in [-0.4, -0.2) is 0 Å². The van der Waals surface area contributed by atoms with Crippen LogP contribution in [0.15, 0.2) is 84.3 Å². The molecule has 2 atom stereocenters. The molecule has 0 saturated carbocycles. The molecule has 33 heavy (non-hydrogen) atoms. The molecule has 2 aliphatic heterocycles. The Morgan fingerprint density at radius 2 is 1.39 bits per heavy atom. The molecule has 0 amide bonds. The fourth-order valence-corrected chi connectivity index (χ4v) is 10.9. The van der Waals surface area contributed by atoms with Gasteiger partial charge in [-0.2, -0.15) is 21.8 Å². The highest BCUT2D eigenvalue weighted by molar-refractivity contribution is 8.21. The molecule has 4 aromatic rings. The molecule has 6 rings (SSSR count). The first-order valence-electron chi connectivity index (χ1n) is 12.0. The van der Waals surface area contributed by atoms with Gasteiger partial charge in [0.25, 0.3) is 0 Å². The first-order chi connectivity index (χ1) is 16.2. The minimum atomic E-state index is -0.463. The van der Waals surface area contributed by atoms with Gasteiger partial charge in [-0.1, -0.05) is 39.0 Å². The summed E-state index contributed by atoms with van der Waals surface area (Å²) in [5.41, 5.74) is 7.30. The van der Waals surface area contributed by atoms with E-state index in [0.717, 1.165) is 19.3 Å². The van der Waals surface area contributed by atoms with Crippen LogP contribution in [0.4, 0.5) is 0 Å². The summed E-state index contributed by atoms with van der Waals surface area (Å²) in [6.45, 7) is 6.80. The lowest BCUT2D eigenvalue weighted by molar-refractivity contribution is 1.09. The summed E-state index contributed by atoms with van der Waals surface area (Å²) in [5, 5.41) is 8.73. The second-order valence-corrected chi connectivity index (χ2v) is 13.7. The maximum absolute atomic E-state index is 2.51. The minimum Gasteiger partial charge on any atom is -0.178 e. The third kappa shape index (κ3) is 3.44. The normalized spacial score (nSPS) is 20.5. The van der Waals surface area contributed by atoms with Crippen LogP contribution in [0.5, 0.6) is 0 Å². The summed E-state index contributed by atoms with van der Waals surface area (Å²) in [7, 11) is -0.901. The molecule has 2 aliphatic rings. The number of fused-ring (bicyclic) bond motifs is 3. The van der Waals surface area contributed by atoms with E-state index in [9.17, 15) is 0 Å². The number of aryl methyl sites for hydroxylation is 3. The van der Waals surface area contributed by atoms with Crippen molar-refractivity contribution in [2.45, 2.75) is 59.6 Å². The van der Waals surface area contributed by atoms with E-state index in [2.05, 4.69) is 97.7 Å². The summed E-state index contributed by atoms with van der Waals surface area (Å²) < 4.78 is 1.48. The molecule has 0 radical (unpaired) electrons. The number of rotatable bonds is 5. The highest BCUT2D eigenvalue weighted by Crippen LogP contribution is 2.61. The van der Waals surface area contributed by atoms with Crippen molar-refractivity contribution in [3.8, 4) is 0 Å². The number of hydrogen-bond donors (Lipinski definition) is 2. The molecule has 168 valence electrons. The van der Waals surface area contributed by atoms with Gasteiger partial charge in [-0.15, -0.1) is 11.3 Å². The summed E-state index contributed by atoms with van der Waals surface area (Å²) in [6, 6.07) is 19.3.